The lowest BCUT2D eigenvalue weighted by molar-refractivity contribution is 0.160. The zero-order valence-electron chi connectivity index (χ0n) is 13.8. The molecule has 2 rings (SSSR count). The van der Waals surface area contributed by atoms with Gasteiger partial charge < -0.3 is 20.5 Å². The van der Waals surface area contributed by atoms with Crippen LogP contribution < -0.4 is 10.5 Å². The number of aliphatic hydroxyl groups excluding tert-OH is 1. The van der Waals surface area contributed by atoms with E-state index in [2.05, 4.69) is 4.90 Å². The number of hydrogen-bond acceptors (Lipinski definition) is 4. The van der Waals surface area contributed by atoms with Gasteiger partial charge in [-0.3, -0.25) is 5.41 Å². The maximum absolute atomic E-state index is 8.89. The zero-order chi connectivity index (χ0) is 16.5. The van der Waals surface area contributed by atoms with Crippen molar-refractivity contribution in [2.24, 2.45) is 11.7 Å². The van der Waals surface area contributed by atoms with Crippen molar-refractivity contribution in [2.45, 2.75) is 32.1 Å². The van der Waals surface area contributed by atoms with E-state index in [0.29, 0.717) is 13.2 Å². The van der Waals surface area contributed by atoms with Crippen molar-refractivity contribution < 1.29 is 9.84 Å². The highest BCUT2D eigenvalue weighted by Crippen LogP contribution is 2.21. The van der Waals surface area contributed by atoms with E-state index < -0.39 is 0 Å². The Morgan fingerprint density at radius 3 is 2.52 bits per heavy atom. The predicted molar refractivity (Wildman–Crippen MR) is 93.1 cm³/mol. The van der Waals surface area contributed by atoms with Gasteiger partial charge >= 0.3 is 0 Å². The Morgan fingerprint density at radius 2 is 1.91 bits per heavy atom. The number of nitrogen functional groups attached to an aromatic ring is 1. The summed E-state index contributed by atoms with van der Waals surface area (Å²) in [5, 5.41) is 16.2. The Bertz CT molecular complexity index is 468. The first-order valence-corrected chi connectivity index (χ1v) is 8.59. The maximum atomic E-state index is 8.89. The number of likely N-dealkylation sites (tertiary alicyclic amines) is 1. The molecule has 23 heavy (non-hydrogen) atoms. The molecule has 5 nitrogen and oxygen atoms in total. The predicted octanol–water partition coefficient (Wildman–Crippen LogP) is 2.22. The normalized spacial score (nSPS) is 16.4. The fourth-order valence-electron chi connectivity index (χ4n) is 3.09. The molecule has 0 aliphatic carbocycles. The van der Waals surface area contributed by atoms with E-state index in [0.717, 1.165) is 36.6 Å². The van der Waals surface area contributed by atoms with E-state index in [1.807, 2.05) is 24.3 Å². The molecule has 1 aromatic carbocycles. The van der Waals surface area contributed by atoms with Gasteiger partial charge in [0, 0.05) is 18.7 Å². The van der Waals surface area contributed by atoms with Gasteiger partial charge in [0.1, 0.15) is 11.6 Å². The van der Waals surface area contributed by atoms with Gasteiger partial charge in [0.15, 0.2) is 0 Å². The van der Waals surface area contributed by atoms with Crippen LogP contribution >= 0.6 is 0 Å². The van der Waals surface area contributed by atoms with Crippen LogP contribution in [0, 0.1) is 11.3 Å². The fraction of sp³-hybridized carbons (Fsp3) is 0.611. The van der Waals surface area contributed by atoms with Gasteiger partial charge in [-0.15, -0.1) is 0 Å². The van der Waals surface area contributed by atoms with Crippen molar-refractivity contribution in [3.63, 3.8) is 0 Å². The number of amidine groups is 1. The number of rotatable bonds is 9. The van der Waals surface area contributed by atoms with Crippen molar-refractivity contribution >= 4 is 5.84 Å². The van der Waals surface area contributed by atoms with Crippen LogP contribution in [-0.2, 0) is 0 Å². The standard InChI is InChI=1S/C18H29N3O2/c19-18(20)16-4-6-17(7-5-16)23-14-2-10-21-11-8-15(9-12-21)3-1-13-22/h4-7,15,22H,1-3,8-14H2,(H3,19,20). The van der Waals surface area contributed by atoms with E-state index in [1.54, 1.807) is 0 Å². The summed E-state index contributed by atoms with van der Waals surface area (Å²) < 4.78 is 5.74. The maximum Gasteiger partial charge on any atom is 0.122 e. The Kier molecular flexibility index (Phi) is 7.36. The average molecular weight is 319 g/mol. The van der Waals surface area contributed by atoms with Gasteiger partial charge in [-0.2, -0.15) is 0 Å². The van der Waals surface area contributed by atoms with E-state index in [9.17, 15) is 0 Å². The van der Waals surface area contributed by atoms with Gasteiger partial charge in [-0.1, -0.05) is 0 Å². The lowest BCUT2D eigenvalue weighted by atomic mass is 9.92. The summed E-state index contributed by atoms with van der Waals surface area (Å²) in [6, 6.07) is 7.36. The number of nitrogens with one attached hydrogen (secondary N) is 1. The lowest BCUT2D eigenvalue weighted by Crippen LogP contribution is -2.35. The molecule has 1 aliphatic rings. The second-order valence-corrected chi connectivity index (χ2v) is 6.29. The first kappa shape index (κ1) is 17.8. The topological polar surface area (TPSA) is 82.6 Å². The molecule has 5 heteroatoms. The first-order valence-electron chi connectivity index (χ1n) is 8.59. The summed E-state index contributed by atoms with van der Waals surface area (Å²) in [7, 11) is 0. The number of hydrogen-bond donors (Lipinski definition) is 3. The molecule has 4 N–H and O–H groups in total. The quantitative estimate of drug-likeness (QED) is 0.370. The molecule has 0 radical (unpaired) electrons. The smallest absolute Gasteiger partial charge is 0.122 e. The van der Waals surface area contributed by atoms with Crippen LogP contribution in [0.1, 0.15) is 37.7 Å². The van der Waals surface area contributed by atoms with Crippen LogP contribution in [0.5, 0.6) is 5.75 Å². The molecule has 0 spiro atoms. The molecule has 1 aromatic rings. The van der Waals surface area contributed by atoms with E-state index >= 15 is 0 Å². The second-order valence-electron chi connectivity index (χ2n) is 6.29. The highest BCUT2D eigenvalue weighted by Gasteiger charge is 2.18. The van der Waals surface area contributed by atoms with Gasteiger partial charge in [0.25, 0.3) is 0 Å². The van der Waals surface area contributed by atoms with Crippen molar-refractivity contribution in [3.05, 3.63) is 29.8 Å². The van der Waals surface area contributed by atoms with Crippen LogP contribution in [0.25, 0.3) is 0 Å². The number of aliphatic hydroxyl groups is 1. The zero-order valence-corrected chi connectivity index (χ0v) is 13.8. The number of nitrogens with two attached hydrogens (primary N) is 1. The van der Waals surface area contributed by atoms with E-state index in [-0.39, 0.29) is 5.84 Å². The Balaban J connectivity index is 1.58. The highest BCUT2D eigenvalue weighted by molar-refractivity contribution is 5.94. The van der Waals surface area contributed by atoms with Crippen LogP contribution in [0.15, 0.2) is 24.3 Å². The molecule has 1 saturated heterocycles. The summed E-state index contributed by atoms with van der Waals surface area (Å²) in [6.45, 7) is 4.46. The molecule has 0 atom stereocenters. The Labute approximate surface area is 138 Å². The monoisotopic (exact) mass is 319 g/mol. The van der Waals surface area contributed by atoms with Gasteiger partial charge in [-0.05, 0) is 75.4 Å². The number of nitrogens with zero attached hydrogens (tertiary/aromatic N) is 1. The minimum Gasteiger partial charge on any atom is -0.494 e. The van der Waals surface area contributed by atoms with Crippen LogP contribution in [0.4, 0.5) is 0 Å². The largest absolute Gasteiger partial charge is 0.494 e. The minimum absolute atomic E-state index is 0.0824. The molecular weight excluding hydrogens is 290 g/mol. The molecule has 0 unspecified atom stereocenters. The van der Waals surface area contributed by atoms with Gasteiger partial charge in [0.05, 0.1) is 6.61 Å². The summed E-state index contributed by atoms with van der Waals surface area (Å²) in [5.74, 6) is 1.71. The number of ether oxygens (including phenoxy) is 1. The summed E-state index contributed by atoms with van der Waals surface area (Å²) in [6.07, 6.45) is 5.65. The molecule has 0 amide bonds. The van der Waals surface area contributed by atoms with Crippen LogP contribution in [-0.4, -0.2) is 48.7 Å². The molecule has 1 heterocycles. The third-order valence-electron chi connectivity index (χ3n) is 4.53. The van der Waals surface area contributed by atoms with E-state index in [1.165, 1.54) is 32.4 Å². The first-order chi connectivity index (χ1) is 11.2. The number of benzene rings is 1. The van der Waals surface area contributed by atoms with Crippen molar-refractivity contribution in [1.29, 1.82) is 5.41 Å². The molecule has 128 valence electrons. The summed E-state index contributed by atoms with van der Waals surface area (Å²) >= 11 is 0. The average Bonchev–Trinajstić information content (AvgIpc) is 2.58. The molecule has 0 aromatic heterocycles. The molecule has 1 fully saturated rings. The summed E-state index contributed by atoms with van der Waals surface area (Å²) in [5.41, 5.74) is 6.15. The van der Waals surface area contributed by atoms with Crippen molar-refractivity contribution in [3.8, 4) is 5.75 Å². The van der Waals surface area contributed by atoms with Gasteiger partial charge in [0.2, 0.25) is 0 Å². The van der Waals surface area contributed by atoms with Crippen molar-refractivity contribution in [1.82, 2.24) is 4.90 Å². The molecule has 0 saturated carbocycles. The fourth-order valence-corrected chi connectivity index (χ4v) is 3.09. The van der Waals surface area contributed by atoms with Crippen LogP contribution in [0.3, 0.4) is 0 Å². The number of piperidine rings is 1. The van der Waals surface area contributed by atoms with Gasteiger partial charge in [-0.25, -0.2) is 0 Å². The second kappa shape index (κ2) is 9.53. The SMILES string of the molecule is N=C(N)c1ccc(OCCCN2CCC(CCCO)CC2)cc1. The molecular formula is C18H29N3O2. The van der Waals surface area contributed by atoms with Crippen LogP contribution in [0.2, 0.25) is 0 Å². The highest BCUT2D eigenvalue weighted by atomic mass is 16.5. The third kappa shape index (κ3) is 6.20. The summed E-state index contributed by atoms with van der Waals surface area (Å²) in [4.78, 5) is 2.51. The minimum atomic E-state index is 0.0824. The Morgan fingerprint density at radius 1 is 1.22 bits per heavy atom. The lowest BCUT2D eigenvalue weighted by Gasteiger charge is -2.31. The Hall–Kier alpha value is -1.59. The third-order valence-corrected chi connectivity index (χ3v) is 4.53. The van der Waals surface area contributed by atoms with Crippen molar-refractivity contribution in [2.75, 3.05) is 32.8 Å². The molecule has 0 bridgehead atoms. The molecule has 1 aliphatic heterocycles. The van der Waals surface area contributed by atoms with E-state index in [4.69, 9.17) is 21.0 Å².